The lowest BCUT2D eigenvalue weighted by atomic mass is 10.2. The van der Waals surface area contributed by atoms with E-state index in [1.165, 1.54) is 12.1 Å². The van der Waals surface area contributed by atoms with E-state index in [0.29, 0.717) is 20.9 Å². The number of hydrogen-bond acceptors (Lipinski definition) is 3. The molecule has 20 heavy (non-hydrogen) atoms. The number of carbonyl (C=O) groups is 1. The number of anilines is 1. The van der Waals surface area contributed by atoms with Gasteiger partial charge in [0.25, 0.3) is 5.91 Å². The van der Waals surface area contributed by atoms with Gasteiger partial charge in [0.2, 0.25) is 0 Å². The van der Waals surface area contributed by atoms with Gasteiger partial charge in [-0.25, -0.2) is 0 Å². The molecule has 4 nitrogen and oxygen atoms in total. The van der Waals surface area contributed by atoms with Crippen LogP contribution in [0.15, 0.2) is 40.9 Å². The van der Waals surface area contributed by atoms with Gasteiger partial charge in [0.1, 0.15) is 11.5 Å². The molecule has 0 fully saturated rings. The van der Waals surface area contributed by atoms with Crippen LogP contribution in [0.4, 0.5) is 5.69 Å². The van der Waals surface area contributed by atoms with Crippen molar-refractivity contribution < 1.29 is 14.6 Å². The number of nitrogens with one attached hydrogen (secondary N) is 1. The van der Waals surface area contributed by atoms with E-state index in [1.54, 1.807) is 31.4 Å². The Kier molecular flexibility index (Phi) is 4.52. The Bertz CT molecular complexity index is 644. The van der Waals surface area contributed by atoms with Crippen molar-refractivity contribution in [1.82, 2.24) is 0 Å². The van der Waals surface area contributed by atoms with E-state index in [2.05, 4.69) is 21.2 Å². The Labute approximate surface area is 129 Å². The fourth-order valence-electron chi connectivity index (χ4n) is 1.61. The van der Waals surface area contributed by atoms with Crippen molar-refractivity contribution in [3.05, 3.63) is 51.5 Å². The topological polar surface area (TPSA) is 58.6 Å². The summed E-state index contributed by atoms with van der Waals surface area (Å²) in [6.45, 7) is 0. The highest BCUT2D eigenvalue weighted by Gasteiger charge is 2.15. The second-order valence-corrected chi connectivity index (χ2v) is 5.26. The standard InChI is InChI=1S/C14H11BrClNO3/c1-20-10-4-2-9(3-5-10)17-14(19)11-6-8(16)7-12(15)13(11)18/h2-7,18H,1H3,(H,17,19). The molecule has 2 aromatic carbocycles. The predicted octanol–water partition coefficient (Wildman–Crippen LogP) is 4.07. The molecule has 6 heteroatoms. The first kappa shape index (κ1) is 14.7. The van der Waals surface area contributed by atoms with Gasteiger partial charge >= 0.3 is 0 Å². The molecule has 0 atom stereocenters. The normalized spacial score (nSPS) is 10.2. The first-order valence-electron chi connectivity index (χ1n) is 5.64. The van der Waals surface area contributed by atoms with Gasteiger partial charge in [-0.3, -0.25) is 4.79 Å². The summed E-state index contributed by atoms with van der Waals surface area (Å²) in [5.41, 5.74) is 0.687. The van der Waals surface area contributed by atoms with Gasteiger partial charge < -0.3 is 15.2 Å². The Morgan fingerprint density at radius 3 is 2.55 bits per heavy atom. The van der Waals surface area contributed by atoms with Crippen molar-refractivity contribution >= 4 is 39.1 Å². The molecule has 2 N–H and O–H groups in total. The second kappa shape index (κ2) is 6.15. The number of aromatic hydroxyl groups is 1. The minimum Gasteiger partial charge on any atom is -0.506 e. The number of phenolic OH excluding ortho intramolecular Hbond substituents is 1. The third-order valence-electron chi connectivity index (χ3n) is 2.62. The molecule has 1 amide bonds. The molecule has 0 heterocycles. The molecule has 2 rings (SSSR count). The molecule has 0 aliphatic rings. The van der Waals surface area contributed by atoms with Crippen molar-refractivity contribution in [2.24, 2.45) is 0 Å². The average Bonchev–Trinajstić information content (AvgIpc) is 2.43. The Hall–Kier alpha value is -1.72. The summed E-state index contributed by atoms with van der Waals surface area (Å²) >= 11 is 9.01. The quantitative estimate of drug-likeness (QED) is 0.871. The zero-order valence-electron chi connectivity index (χ0n) is 10.5. The maximum atomic E-state index is 12.1. The number of benzene rings is 2. The lowest BCUT2D eigenvalue weighted by molar-refractivity contribution is 0.102. The van der Waals surface area contributed by atoms with Crippen LogP contribution in [-0.2, 0) is 0 Å². The van der Waals surface area contributed by atoms with Crippen LogP contribution in [0, 0.1) is 0 Å². The third-order valence-corrected chi connectivity index (χ3v) is 3.44. The largest absolute Gasteiger partial charge is 0.506 e. The van der Waals surface area contributed by atoms with E-state index in [1.807, 2.05) is 0 Å². The fourth-order valence-corrected chi connectivity index (χ4v) is 2.42. The van der Waals surface area contributed by atoms with Crippen molar-refractivity contribution in [2.75, 3.05) is 12.4 Å². The molecule has 0 saturated heterocycles. The number of halogens is 2. The van der Waals surface area contributed by atoms with Crippen molar-refractivity contribution in [3.8, 4) is 11.5 Å². The summed E-state index contributed by atoms with van der Waals surface area (Å²) in [5, 5.41) is 12.9. The van der Waals surface area contributed by atoms with Gasteiger partial charge in [0, 0.05) is 10.7 Å². The fraction of sp³-hybridized carbons (Fsp3) is 0.0714. The van der Waals surface area contributed by atoms with Crippen LogP contribution in [-0.4, -0.2) is 18.1 Å². The molecule has 0 aromatic heterocycles. The highest BCUT2D eigenvalue weighted by molar-refractivity contribution is 9.10. The van der Waals surface area contributed by atoms with E-state index in [4.69, 9.17) is 16.3 Å². The van der Waals surface area contributed by atoms with E-state index < -0.39 is 5.91 Å². The van der Waals surface area contributed by atoms with E-state index in [9.17, 15) is 9.90 Å². The average molecular weight is 357 g/mol. The summed E-state index contributed by atoms with van der Waals surface area (Å²) in [6, 6.07) is 9.77. The van der Waals surface area contributed by atoms with Crippen molar-refractivity contribution in [2.45, 2.75) is 0 Å². The highest BCUT2D eigenvalue weighted by atomic mass is 79.9. The molecular weight excluding hydrogens is 346 g/mol. The number of methoxy groups -OCH3 is 1. The van der Waals surface area contributed by atoms with Crippen LogP contribution in [0.1, 0.15) is 10.4 Å². The molecule has 0 radical (unpaired) electrons. The number of ether oxygens (including phenoxy) is 1. The Balaban J connectivity index is 2.23. The molecule has 0 unspecified atom stereocenters. The van der Waals surface area contributed by atoms with Crippen molar-refractivity contribution in [3.63, 3.8) is 0 Å². The number of rotatable bonds is 3. The lowest BCUT2D eigenvalue weighted by Crippen LogP contribution is -2.12. The van der Waals surface area contributed by atoms with Crippen LogP contribution in [0.3, 0.4) is 0 Å². The molecular formula is C14H11BrClNO3. The van der Waals surface area contributed by atoms with Crippen LogP contribution >= 0.6 is 27.5 Å². The molecule has 104 valence electrons. The third kappa shape index (κ3) is 3.23. The van der Waals surface area contributed by atoms with Crippen LogP contribution < -0.4 is 10.1 Å². The van der Waals surface area contributed by atoms with Gasteiger partial charge in [-0.15, -0.1) is 0 Å². The number of amides is 1. The number of hydrogen-bond donors (Lipinski definition) is 2. The maximum Gasteiger partial charge on any atom is 0.259 e. The number of carbonyl (C=O) groups excluding carboxylic acids is 1. The summed E-state index contributed by atoms with van der Waals surface area (Å²) < 4.78 is 5.40. The molecule has 0 aliphatic heterocycles. The van der Waals surface area contributed by atoms with Gasteiger partial charge in [0.15, 0.2) is 0 Å². The number of phenols is 1. The highest BCUT2D eigenvalue weighted by Crippen LogP contribution is 2.32. The van der Waals surface area contributed by atoms with Crippen LogP contribution in [0.5, 0.6) is 11.5 Å². The second-order valence-electron chi connectivity index (χ2n) is 3.97. The minimum atomic E-state index is -0.448. The molecule has 0 aliphatic carbocycles. The summed E-state index contributed by atoms with van der Waals surface area (Å²) in [7, 11) is 1.56. The van der Waals surface area contributed by atoms with Gasteiger partial charge in [-0.05, 0) is 52.3 Å². The van der Waals surface area contributed by atoms with E-state index >= 15 is 0 Å². The predicted molar refractivity (Wildman–Crippen MR) is 81.8 cm³/mol. The lowest BCUT2D eigenvalue weighted by Gasteiger charge is -2.09. The smallest absolute Gasteiger partial charge is 0.259 e. The Morgan fingerprint density at radius 1 is 1.30 bits per heavy atom. The molecule has 2 aromatic rings. The zero-order valence-corrected chi connectivity index (χ0v) is 12.8. The molecule has 0 saturated carbocycles. The van der Waals surface area contributed by atoms with Crippen molar-refractivity contribution in [1.29, 1.82) is 0 Å². The summed E-state index contributed by atoms with van der Waals surface area (Å²) in [5.74, 6) is 0.0904. The van der Waals surface area contributed by atoms with Crippen LogP contribution in [0.2, 0.25) is 5.02 Å². The van der Waals surface area contributed by atoms with E-state index in [0.717, 1.165) is 0 Å². The van der Waals surface area contributed by atoms with Gasteiger partial charge in [0.05, 0.1) is 17.1 Å². The van der Waals surface area contributed by atoms with Gasteiger partial charge in [-0.1, -0.05) is 11.6 Å². The van der Waals surface area contributed by atoms with Gasteiger partial charge in [-0.2, -0.15) is 0 Å². The van der Waals surface area contributed by atoms with E-state index in [-0.39, 0.29) is 11.3 Å². The Morgan fingerprint density at radius 2 is 1.95 bits per heavy atom. The first-order valence-corrected chi connectivity index (χ1v) is 6.82. The monoisotopic (exact) mass is 355 g/mol. The molecule has 0 bridgehead atoms. The first-order chi connectivity index (χ1) is 9.51. The molecule has 0 spiro atoms. The summed E-state index contributed by atoms with van der Waals surface area (Å²) in [6.07, 6.45) is 0. The van der Waals surface area contributed by atoms with Crippen LogP contribution in [0.25, 0.3) is 0 Å². The summed E-state index contributed by atoms with van der Waals surface area (Å²) in [4.78, 5) is 12.1. The maximum absolute atomic E-state index is 12.1. The SMILES string of the molecule is COc1ccc(NC(=O)c2cc(Cl)cc(Br)c2O)cc1. The zero-order chi connectivity index (χ0) is 14.7. The minimum absolute atomic E-state index is 0.0974.